The summed E-state index contributed by atoms with van der Waals surface area (Å²) < 4.78 is 1.58. The molecule has 2 rings (SSSR count). The number of hydrogen-bond donors (Lipinski definition) is 0. The van der Waals surface area contributed by atoms with Gasteiger partial charge in [0.2, 0.25) is 0 Å². The molecule has 0 aliphatic carbocycles. The molecule has 3 nitrogen and oxygen atoms in total. The van der Waals surface area contributed by atoms with E-state index in [2.05, 4.69) is 20.9 Å². The summed E-state index contributed by atoms with van der Waals surface area (Å²) >= 11 is 3.42. The van der Waals surface area contributed by atoms with Crippen LogP contribution < -0.4 is 5.56 Å². The summed E-state index contributed by atoms with van der Waals surface area (Å²) in [7, 11) is 1.75. The second-order valence-electron chi connectivity index (χ2n) is 3.95. The predicted molar refractivity (Wildman–Crippen MR) is 69.1 cm³/mol. The van der Waals surface area contributed by atoms with Gasteiger partial charge < -0.3 is 0 Å². The summed E-state index contributed by atoms with van der Waals surface area (Å²) in [5.74, 6) is 0.739. The van der Waals surface area contributed by atoms with Gasteiger partial charge in [0, 0.05) is 12.4 Å². The fourth-order valence-electron chi connectivity index (χ4n) is 1.72. The van der Waals surface area contributed by atoms with Crippen LogP contribution in [0.15, 0.2) is 16.9 Å². The van der Waals surface area contributed by atoms with Crippen molar-refractivity contribution < 1.29 is 0 Å². The number of halogens is 1. The Bertz CT molecular complexity index is 616. The quantitative estimate of drug-likeness (QED) is 0.752. The Kier molecular flexibility index (Phi) is 2.84. The number of alkyl halides is 1. The number of hydrogen-bond acceptors (Lipinski definition) is 2. The van der Waals surface area contributed by atoms with E-state index in [0.29, 0.717) is 5.39 Å². The van der Waals surface area contributed by atoms with Crippen molar-refractivity contribution in [3.05, 3.63) is 39.4 Å². The fraction of sp³-hybridized carbons (Fsp3) is 0.333. The fourth-order valence-corrected chi connectivity index (χ4v) is 2.33. The Morgan fingerprint density at radius 1 is 1.38 bits per heavy atom. The summed E-state index contributed by atoms with van der Waals surface area (Å²) in [5.41, 5.74) is 3.09. The smallest absolute Gasteiger partial charge is 0.261 e. The van der Waals surface area contributed by atoms with Gasteiger partial charge in [-0.3, -0.25) is 9.36 Å². The summed E-state index contributed by atoms with van der Waals surface area (Å²) in [6.07, 6.45) is 0. The van der Waals surface area contributed by atoms with Crippen molar-refractivity contribution >= 4 is 26.8 Å². The number of aromatic nitrogens is 2. The van der Waals surface area contributed by atoms with E-state index >= 15 is 0 Å². The number of aryl methyl sites for hydroxylation is 2. The minimum absolute atomic E-state index is 0.0182. The lowest BCUT2D eigenvalue weighted by atomic mass is 10.1. The van der Waals surface area contributed by atoms with Crippen molar-refractivity contribution in [1.82, 2.24) is 9.55 Å². The second kappa shape index (κ2) is 4.01. The maximum absolute atomic E-state index is 12.0. The van der Waals surface area contributed by atoms with Gasteiger partial charge in [0.05, 0.1) is 10.9 Å². The standard InChI is InChI=1S/C12H13BrN2O/c1-7-4-11-10(5-9(7)6-13)12(16)15(3)8(2)14-11/h4-5H,6H2,1-3H3. The summed E-state index contributed by atoms with van der Waals surface area (Å²) in [5, 5.41) is 1.44. The molecular formula is C12H13BrN2O. The van der Waals surface area contributed by atoms with Crippen LogP contribution in [-0.4, -0.2) is 9.55 Å². The lowest BCUT2D eigenvalue weighted by Gasteiger charge is -2.08. The van der Waals surface area contributed by atoms with Gasteiger partial charge in [-0.1, -0.05) is 15.9 Å². The zero-order chi connectivity index (χ0) is 11.9. The molecule has 0 unspecified atom stereocenters. The zero-order valence-electron chi connectivity index (χ0n) is 9.54. The Morgan fingerprint density at radius 2 is 2.06 bits per heavy atom. The molecule has 0 N–H and O–H groups in total. The summed E-state index contributed by atoms with van der Waals surface area (Å²) in [6.45, 7) is 3.87. The first-order chi connectivity index (χ1) is 7.54. The van der Waals surface area contributed by atoms with Crippen molar-refractivity contribution in [3.63, 3.8) is 0 Å². The molecule has 0 aliphatic heterocycles. The van der Waals surface area contributed by atoms with Gasteiger partial charge in [-0.05, 0) is 37.1 Å². The lowest BCUT2D eigenvalue weighted by Crippen LogP contribution is -2.20. The van der Waals surface area contributed by atoms with Crippen LogP contribution in [0.25, 0.3) is 10.9 Å². The van der Waals surface area contributed by atoms with Crippen molar-refractivity contribution in [2.24, 2.45) is 7.05 Å². The molecule has 1 heterocycles. The molecule has 0 atom stereocenters. The van der Waals surface area contributed by atoms with Gasteiger partial charge in [-0.25, -0.2) is 4.98 Å². The molecule has 0 radical (unpaired) electrons. The maximum atomic E-state index is 12.0. The molecule has 1 aromatic carbocycles. The topological polar surface area (TPSA) is 34.9 Å². The number of fused-ring (bicyclic) bond motifs is 1. The van der Waals surface area contributed by atoms with Crippen LogP contribution in [0.1, 0.15) is 17.0 Å². The summed E-state index contributed by atoms with van der Waals surface area (Å²) in [4.78, 5) is 16.5. The highest BCUT2D eigenvalue weighted by Gasteiger charge is 2.07. The monoisotopic (exact) mass is 280 g/mol. The Balaban J connectivity index is 2.92. The molecule has 1 aromatic heterocycles. The van der Waals surface area contributed by atoms with Crippen LogP contribution in [0.3, 0.4) is 0 Å². The molecular weight excluding hydrogens is 268 g/mol. The van der Waals surface area contributed by atoms with E-state index in [0.717, 1.165) is 27.8 Å². The third-order valence-electron chi connectivity index (χ3n) is 2.90. The largest absolute Gasteiger partial charge is 0.299 e. The molecule has 0 saturated carbocycles. The van der Waals surface area contributed by atoms with E-state index in [1.165, 1.54) is 0 Å². The van der Waals surface area contributed by atoms with Crippen LogP contribution in [-0.2, 0) is 12.4 Å². The lowest BCUT2D eigenvalue weighted by molar-refractivity contribution is 0.792. The second-order valence-corrected chi connectivity index (χ2v) is 4.51. The van der Waals surface area contributed by atoms with E-state index in [-0.39, 0.29) is 5.56 Å². The van der Waals surface area contributed by atoms with E-state index in [1.807, 2.05) is 26.0 Å². The number of nitrogens with zero attached hydrogens (tertiary/aromatic N) is 2. The average molecular weight is 281 g/mol. The molecule has 4 heteroatoms. The van der Waals surface area contributed by atoms with Gasteiger partial charge in [0.25, 0.3) is 5.56 Å². The molecule has 0 bridgehead atoms. The van der Waals surface area contributed by atoms with Crippen LogP contribution in [0.4, 0.5) is 0 Å². The Morgan fingerprint density at radius 3 is 2.69 bits per heavy atom. The van der Waals surface area contributed by atoms with Crippen molar-refractivity contribution in [3.8, 4) is 0 Å². The van der Waals surface area contributed by atoms with Crippen molar-refractivity contribution in [2.45, 2.75) is 19.2 Å². The van der Waals surface area contributed by atoms with Crippen LogP contribution in [0, 0.1) is 13.8 Å². The maximum Gasteiger partial charge on any atom is 0.261 e. The van der Waals surface area contributed by atoms with Gasteiger partial charge in [-0.15, -0.1) is 0 Å². The van der Waals surface area contributed by atoms with Gasteiger partial charge in [0.1, 0.15) is 5.82 Å². The highest BCUT2D eigenvalue weighted by Crippen LogP contribution is 2.18. The number of benzene rings is 1. The SMILES string of the molecule is Cc1cc2nc(C)n(C)c(=O)c2cc1CBr. The number of rotatable bonds is 1. The molecule has 84 valence electrons. The Hall–Kier alpha value is -1.16. The van der Waals surface area contributed by atoms with Crippen LogP contribution in [0.5, 0.6) is 0 Å². The minimum Gasteiger partial charge on any atom is -0.299 e. The van der Waals surface area contributed by atoms with Gasteiger partial charge in [-0.2, -0.15) is 0 Å². The predicted octanol–water partition coefficient (Wildman–Crippen LogP) is 2.45. The molecule has 0 amide bonds. The molecule has 0 aliphatic rings. The first-order valence-corrected chi connectivity index (χ1v) is 6.19. The van der Waals surface area contributed by atoms with Crippen LogP contribution >= 0.6 is 15.9 Å². The van der Waals surface area contributed by atoms with Gasteiger partial charge >= 0.3 is 0 Å². The average Bonchev–Trinajstić information content (AvgIpc) is 2.26. The molecule has 0 spiro atoms. The highest BCUT2D eigenvalue weighted by molar-refractivity contribution is 9.08. The molecule has 2 aromatic rings. The van der Waals surface area contributed by atoms with E-state index in [1.54, 1.807) is 11.6 Å². The molecule has 16 heavy (non-hydrogen) atoms. The van der Waals surface area contributed by atoms with Crippen molar-refractivity contribution in [2.75, 3.05) is 0 Å². The first-order valence-electron chi connectivity index (χ1n) is 5.07. The third-order valence-corrected chi connectivity index (χ3v) is 3.51. The normalized spacial score (nSPS) is 11.0. The highest BCUT2D eigenvalue weighted by atomic mass is 79.9. The van der Waals surface area contributed by atoms with Crippen molar-refractivity contribution in [1.29, 1.82) is 0 Å². The van der Waals surface area contributed by atoms with E-state index in [9.17, 15) is 4.79 Å². The zero-order valence-corrected chi connectivity index (χ0v) is 11.1. The molecule has 0 fully saturated rings. The summed E-state index contributed by atoms with van der Waals surface area (Å²) in [6, 6.07) is 3.90. The van der Waals surface area contributed by atoms with Gasteiger partial charge in [0.15, 0.2) is 0 Å². The van der Waals surface area contributed by atoms with E-state index in [4.69, 9.17) is 0 Å². The third kappa shape index (κ3) is 1.67. The minimum atomic E-state index is 0.0182. The van der Waals surface area contributed by atoms with E-state index < -0.39 is 0 Å². The first kappa shape index (κ1) is 11.3. The Labute approximate surface area is 102 Å². The molecule has 0 saturated heterocycles. The van der Waals surface area contributed by atoms with Crippen LogP contribution in [0.2, 0.25) is 0 Å².